The molecule has 2 rings (SSSR count). The Kier molecular flexibility index (Phi) is 2.97. The van der Waals surface area contributed by atoms with Gasteiger partial charge in [0, 0.05) is 6.54 Å². The minimum atomic E-state index is -0.0247. The van der Waals surface area contributed by atoms with Gasteiger partial charge in [0.1, 0.15) is 5.75 Å². The molecule has 0 saturated heterocycles. The van der Waals surface area contributed by atoms with Crippen LogP contribution in [0, 0.1) is 6.92 Å². The number of anilines is 1. The second-order valence-corrected chi connectivity index (χ2v) is 4.38. The third-order valence-electron chi connectivity index (χ3n) is 2.60. The summed E-state index contributed by atoms with van der Waals surface area (Å²) in [6.07, 6.45) is 1.72. The van der Waals surface area contributed by atoms with Crippen molar-refractivity contribution in [2.45, 2.75) is 6.92 Å². The molecule has 1 aliphatic rings. The molecular weight excluding hydrogens is 221 g/mol. The second kappa shape index (κ2) is 4.26. The van der Waals surface area contributed by atoms with Crippen molar-refractivity contribution in [3.8, 4) is 5.75 Å². The minimum absolute atomic E-state index is 0.0247. The topological polar surface area (TPSA) is 29.5 Å². The van der Waals surface area contributed by atoms with Gasteiger partial charge in [-0.3, -0.25) is 4.79 Å². The van der Waals surface area contributed by atoms with Crippen molar-refractivity contribution in [1.82, 2.24) is 0 Å². The molecule has 84 valence electrons. The third kappa shape index (κ3) is 1.83. The first kappa shape index (κ1) is 11.2. The van der Waals surface area contributed by atoms with Crippen LogP contribution in [0.15, 0.2) is 24.8 Å². The Morgan fingerprint density at radius 2 is 2.38 bits per heavy atom. The monoisotopic (exact) mass is 235 g/mol. The molecule has 0 spiro atoms. The van der Waals surface area contributed by atoms with E-state index in [1.807, 2.05) is 19.1 Å². The van der Waals surface area contributed by atoms with Crippen molar-refractivity contribution < 1.29 is 9.53 Å². The van der Waals surface area contributed by atoms with E-state index in [0.29, 0.717) is 6.54 Å². The highest BCUT2D eigenvalue weighted by molar-refractivity contribution is 7.27. The lowest BCUT2D eigenvalue weighted by atomic mass is 10.1. The van der Waals surface area contributed by atoms with Crippen molar-refractivity contribution in [2.75, 3.05) is 18.1 Å². The fourth-order valence-corrected chi connectivity index (χ4v) is 1.93. The van der Waals surface area contributed by atoms with Gasteiger partial charge in [0.05, 0.1) is 5.69 Å². The summed E-state index contributed by atoms with van der Waals surface area (Å²) in [5.74, 6) is 0.736. The van der Waals surface area contributed by atoms with Crippen LogP contribution in [-0.4, -0.2) is 19.1 Å². The first-order valence-electron chi connectivity index (χ1n) is 5.07. The highest BCUT2D eigenvalue weighted by Gasteiger charge is 2.24. The first-order valence-corrected chi connectivity index (χ1v) is 5.65. The summed E-state index contributed by atoms with van der Waals surface area (Å²) in [6, 6.07) is 3.91. The molecule has 0 fully saturated rings. The van der Waals surface area contributed by atoms with Crippen LogP contribution in [0.25, 0.3) is 0 Å². The molecule has 0 bridgehead atoms. The predicted molar refractivity (Wildman–Crippen MR) is 68.6 cm³/mol. The average Bonchev–Trinajstić information content (AvgIpc) is 2.25. The van der Waals surface area contributed by atoms with Gasteiger partial charge in [-0.05, 0) is 29.9 Å². The number of rotatable bonds is 2. The summed E-state index contributed by atoms with van der Waals surface area (Å²) in [5.41, 5.74) is 1.95. The number of benzene rings is 1. The highest BCUT2D eigenvalue weighted by atomic mass is 31.0. The second-order valence-electron chi connectivity index (χ2n) is 3.76. The van der Waals surface area contributed by atoms with Crippen LogP contribution in [0.5, 0.6) is 5.75 Å². The molecule has 0 saturated carbocycles. The Hall–Kier alpha value is -1.34. The standard InChI is InChI=1S/C12H14NO2P/c1-3-4-13-9-5-8(2)11(16)6-10(9)15-7-12(13)14/h3,5-6H,1,4,7,16H2,2H3. The zero-order chi connectivity index (χ0) is 11.7. The van der Waals surface area contributed by atoms with Gasteiger partial charge in [-0.25, -0.2) is 0 Å². The molecule has 0 radical (unpaired) electrons. The van der Waals surface area contributed by atoms with E-state index in [2.05, 4.69) is 15.8 Å². The maximum Gasteiger partial charge on any atom is 0.265 e. The first-order chi connectivity index (χ1) is 7.63. The zero-order valence-electron chi connectivity index (χ0n) is 9.19. The van der Waals surface area contributed by atoms with E-state index in [4.69, 9.17) is 4.74 Å². The van der Waals surface area contributed by atoms with Crippen molar-refractivity contribution in [3.05, 3.63) is 30.4 Å². The van der Waals surface area contributed by atoms with E-state index in [9.17, 15) is 4.79 Å². The highest BCUT2D eigenvalue weighted by Crippen LogP contribution is 2.32. The summed E-state index contributed by atoms with van der Waals surface area (Å²) in [7, 11) is 2.66. The van der Waals surface area contributed by atoms with Crippen molar-refractivity contribution >= 4 is 26.1 Å². The number of carbonyl (C=O) groups is 1. The fraction of sp³-hybridized carbons (Fsp3) is 0.250. The summed E-state index contributed by atoms with van der Waals surface area (Å²) in [4.78, 5) is 13.4. The smallest absolute Gasteiger partial charge is 0.265 e. The van der Waals surface area contributed by atoms with Crippen LogP contribution in [0.1, 0.15) is 5.56 Å². The van der Waals surface area contributed by atoms with Gasteiger partial charge in [-0.2, -0.15) is 0 Å². The van der Waals surface area contributed by atoms with Crippen LogP contribution in [-0.2, 0) is 4.79 Å². The van der Waals surface area contributed by atoms with E-state index < -0.39 is 0 Å². The number of amides is 1. The van der Waals surface area contributed by atoms with Crippen molar-refractivity contribution in [1.29, 1.82) is 0 Å². The molecule has 1 atom stereocenters. The third-order valence-corrected chi connectivity index (χ3v) is 3.22. The molecule has 1 heterocycles. The molecule has 0 aliphatic carbocycles. The number of carbonyl (C=O) groups excluding carboxylic acids is 1. The van der Waals surface area contributed by atoms with E-state index >= 15 is 0 Å². The fourth-order valence-electron chi connectivity index (χ4n) is 1.70. The van der Waals surface area contributed by atoms with Crippen LogP contribution in [0.4, 0.5) is 5.69 Å². The molecule has 1 aromatic rings. The number of hydrogen-bond acceptors (Lipinski definition) is 2. The Labute approximate surface area is 97.3 Å². The van der Waals surface area contributed by atoms with Gasteiger partial charge in [0.25, 0.3) is 5.91 Å². The molecule has 0 aromatic heterocycles. The van der Waals surface area contributed by atoms with Gasteiger partial charge < -0.3 is 9.64 Å². The normalized spacial score (nSPS) is 14.4. The Morgan fingerprint density at radius 1 is 1.62 bits per heavy atom. The maximum atomic E-state index is 11.7. The van der Waals surface area contributed by atoms with E-state index in [-0.39, 0.29) is 12.5 Å². The minimum Gasteiger partial charge on any atom is -0.482 e. The molecule has 16 heavy (non-hydrogen) atoms. The Bertz CT molecular complexity index is 457. The van der Waals surface area contributed by atoms with Gasteiger partial charge in [0.2, 0.25) is 0 Å². The SMILES string of the molecule is C=CCN1C(=O)COc2cc(P)c(C)cc21. The molecule has 1 unspecified atom stereocenters. The number of hydrogen-bond donors (Lipinski definition) is 0. The summed E-state index contributed by atoms with van der Waals surface area (Å²) in [6.45, 7) is 6.29. The van der Waals surface area contributed by atoms with Crippen LogP contribution < -0.4 is 14.9 Å². The van der Waals surface area contributed by atoms with Crippen molar-refractivity contribution in [2.24, 2.45) is 0 Å². The molecule has 1 amide bonds. The van der Waals surface area contributed by atoms with Crippen LogP contribution in [0.3, 0.4) is 0 Å². The molecular formula is C12H14NO2P. The molecule has 3 nitrogen and oxygen atoms in total. The number of aryl methyl sites for hydroxylation is 1. The summed E-state index contributed by atoms with van der Waals surface area (Å²) in [5, 5.41) is 1.09. The molecule has 4 heteroatoms. The molecule has 1 aromatic carbocycles. The number of ether oxygens (including phenoxy) is 1. The van der Waals surface area contributed by atoms with Gasteiger partial charge in [0.15, 0.2) is 6.61 Å². The average molecular weight is 235 g/mol. The molecule has 1 aliphatic heterocycles. The largest absolute Gasteiger partial charge is 0.482 e. The lowest BCUT2D eigenvalue weighted by molar-refractivity contribution is -0.121. The predicted octanol–water partition coefficient (Wildman–Crippen LogP) is 1.41. The Morgan fingerprint density at radius 3 is 3.06 bits per heavy atom. The van der Waals surface area contributed by atoms with Gasteiger partial charge in [-0.1, -0.05) is 6.08 Å². The van der Waals surface area contributed by atoms with Gasteiger partial charge >= 0.3 is 0 Å². The van der Waals surface area contributed by atoms with Crippen molar-refractivity contribution in [3.63, 3.8) is 0 Å². The van der Waals surface area contributed by atoms with Crippen LogP contribution >= 0.6 is 9.24 Å². The zero-order valence-corrected chi connectivity index (χ0v) is 10.3. The van der Waals surface area contributed by atoms with E-state index in [0.717, 1.165) is 22.3 Å². The maximum absolute atomic E-state index is 11.7. The lowest BCUT2D eigenvalue weighted by Gasteiger charge is -2.29. The summed E-state index contributed by atoms with van der Waals surface area (Å²) >= 11 is 0. The van der Waals surface area contributed by atoms with E-state index in [1.165, 1.54) is 0 Å². The summed E-state index contributed by atoms with van der Waals surface area (Å²) < 4.78 is 5.41. The lowest BCUT2D eigenvalue weighted by Crippen LogP contribution is -2.39. The number of fused-ring (bicyclic) bond motifs is 1. The van der Waals surface area contributed by atoms with E-state index in [1.54, 1.807) is 11.0 Å². The molecule has 0 N–H and O–H groups in total. The number of nitrogens with zero attached hydrogens (tertiary/aromatic N) is 1. The quantitative estimate of drug-likeness (QED) is 0.573. The van der Waals surface area contributed by atoms with Crippen LogP contribution in [0.2, 0.25) is 0 Å². The Balaban J connectivity index is 2.50. The van der Waals surface area contributed by atoms with Gasteiger partial charge in [-0.15, -0.1) is 15.8 Å².